The van der Waals surface area contributed by atoms with Crippen LogP contribution in [0.1, 0.15) is 47.0 Å². The van der Waals surface area contributed by atoms with Gasteiger partial charge >= 0.3 is 5.97 Å². The highest BCUT2D eigenvalue weighted by atomic mass is 16.5. The Morgan fingerprint density at radius 1 is 1.47 bits per heavy atom. The maximum absolute atomic E-state index is 12.0. The summed E-state index contributed by atoms with van der Waals surface area (Å²) in [5.74, 6) is 1.49. The summed E-state index contributed by atoms with van der Waals surface area (Å²) in [7, 11) is 0. The van der Waals surface area contributed by atoms with Gasteiger partial charge in [0.1, 0.15) is 6.10 Å². The third-order valence-electron chi connectivity index (χ3n) is 4.89. The molecule has 0 aromatic carbocycles. The molecule has 0 N–H and O–H groups in total. The number of fused-ring (bicyclic) bond motifs is 1. The van der Waals surface area contributed by atoms with Crippen molar-refractivity contribution in [3.8, 4) is 0 Å². The van der Waals surface area contributed by atoms with Crippen molar-refractivity contribution >= 4 is 5.97 Å². The summed E-state index contributed by atoms with van der Waals surface area (Å²) in [4.78, 5) is 12.0. The molecule has 2 nitrogen and oxygen atoms in total. The Hall–Kier alpha value is -1.05. The van der Waals surface area contributed by atoms with Crippen LogP contribution in [0.25, 0.3) is 0 Å². The zero-order chi connectivity index (χ0) is 14.0. The molecule has 2 aliphatic rings. The van der Waals surface area contributed by atoms with Gasteiger partial charge in [0.05, 0.1) is 5.92 Å². The molecule has 2 aliphatic carbocycles. The van der Waals surface area contributed by atoms with Crippen LogP contribution in [0, 0.1) is 23.7 Å². The summed E-state index contributed by atoms with van der Waals surface area (Å²) >= 11 is 0. The summed E-state index contributed by atoms with van der Waals surface area (Å²) in [6.07, 6.45) is 9.76. The minimum Gasteiger partial charge on any atom is -0.461 e. The molecule has 0 bridgehead atoms. The van der Waals surface area contributed by atoms with Gasteiger partial charge in [-0.25, -0.2) is 0 Å². The van der Waals surface area contributed by atoms with Crippen LogP contribution in [0.4, 0.5) is 0 Å². The number of hydrogen-bond acceptors (Lipinski definition) is 2. The van der Waals surface area contributed by atoms with Crippen LogP contribution in [0.5, 0.6) is 0 Å². The molecule has 0 spiro atoms. The molecule has 3 unspecified atom stereocenters. The lowest BCUT2D eigenvalue weighted by Gasteiger charge is -2.40. The van der Waals surface area contributed by atoms with Crippen molar-refractivity contribution in [1.29, 1.82) is 0 Å². The lowest BCUT2D eigenvalue weighted by molar-refractivity contribution is -0.157. The van der Waals surface area contributed by atoms with E-state index in [0.29, 0.717) is 17.8 Å². The first-order valence-corrected chi connectivity index (χ1v) is 7.63. The highest BCUT2D eigenvalue weighted by molar-refractivity contribution is 5.72. The number of allylic oxidation sites excluding steroid dienone is 3. The van der Waals surface area contributed by atoms with E-state index in [9.17, 15) is 4.79 Å². The standard InChI is InChI=1S/C17H26O2/c1-5-11(2)17(18)19-15-8-6-7-14-10-9-12(3)13(4)16(14)15/h7,9-13,15-16H,5-6,8H2,1-4H3/t11-,12?,13?,15-,16?/m0/s1. The van der Waals surface area contributed by atoms with Gasteiger partial charge in [0, 0.05) is 5.92 Å². The molecule has 0 aromatic rings. The van der Waals surface area contributed by atoms with Gasteiger partial charge in [0.25, 0.3) is 0 Å². The molecular weight excluding hydrogens is 236 g/mol. The van der Waals surface area contributed by atoms with Crippen molar-refractivity contribution in [2.45, 2.75) is 53.1 Å². The van der Waals surface area contributed by atoms with E-state index in [2.05, 4.69) is 32.1 Å². The van der Waals surface area contributed by atoms with Crippen LogP contribution in [0.2, 0.25) is 0 Å². The Morgan fingerprint density at radius 2 is 2.21 bits per heavy atom. The van der Waals surface area contributed by atoms with E-state index < -0.39 is 0 Å². The fourth-order valence-electron chi connectivity index (χ4n) is 3.10. The summed E-state index contributed by atoms with van der Waals surface area (Å²) in [5.41, 5.74) is 1.37. The maximum atomic E-state index is 12.0. The molecule has 19 heavy (non-hydrogen) atoms. The predicted octanol–water partition coefficient (Wildman–Crippen LogP) is 4.12. The second kappa shape index (κ2) is 5.94. The number of rotatable bonds is 3. The first-order valence-electron chi connectivity index (χ1n) is 7.63. The van der Waals surface area contributed by atoms with E-state index in [0.717, 1.165) is 19.3 Å². The summed E-state index contributed by atoms with van der Waals surface area (Å²) in [6.45, 7) is 8.52. The van der Waals surface area contributed by atoms with Crippen molar-refractivity contribution in [2.24, 2.45) is 23.7 Å². The van der Waals surface area contributed by atoms with Crippen molar-refractivity contribution in [2.75, 3.05) is 0 Å². The first-order chi connectivity index (χ1) is 9.04. The zero-order valence-electron chi connectivity index (χ0n) is 12.6. The van der Waals surface area contributed by atoms with Crippen LogP contribution < -0.4 is 0 Å². The fraction of sp³-hybridized carbons (Fsp3) is 0.706. The van der Waals surface area contributed by atoms with Gasteiger partial charge in [-0.05, 0) is 36.7 Å². The van der Waals surface area contributed by atoms with Gasteiger partial charge < -0.3 is 4.74 Å². The topological polar surface area (TPSA) is 26.3 Å². The van der Waals surface area contributed by atoms with Crippen molar-refractivity contribution in [3.05, 3.63) is 23.8 Å². The van der Waals surface area contributed by atoms with E-state index in [1.54, 1.807) is 0 Å². The van der Waals surface area contributed by atoms with Gasteiger partial charge in [0.2, 0.25) is 0 Å². The van der Waals surface area contributed by atoms with Crippen molar-refractivity contribution in [1.82, 2.24) is 0 Å². The van der Waals surface area contributed by atoms with Crippen molar-refractivity contribution < 1.29 is 9.53 Å². The van der Waals surface area contributed by atoms with Crippen LogP contribution in [-0.2, 0) is 9.53 Å². The summed E-state index contributed by atoms with van der Waals surface area (Å²) in [6, 6.07) is 0. The average molecular weight is 262 g/mol. The second-order valence-corrected chi connectivity index (χ2v) is 6.17. The molecule has 0 aromatic heterocycles. The van der Waals surface area contributed by atoms with Gasteiger partial charge in [-0.3, -0.25) is 4.79 Å². The molecule has 0 fully saturated rings. The van der Waals surface area contributed by atoms with E-state index in [1.807, 2.05) is 13.8 Å². The molecule has 0 heterocycles. The molecule has 0 aliphatic heterocycles. The Balaban J connectivity index is 2.12. The van der Waals surface area contributed by atoms with Gasteiger partial charge in [-0.15, -0.1) is 0 Å². The van der Waals surface area contributed by atoms with Gasteiger partial charge in [0.15, 0.2) is 0 Å². The number of carbonyl (C=O) groups excluding carboxylic acids is 1. The van der Waals surface area contributed by atoms with Crippen molar-refractivity contribution in [3.63, 3.8) is 0 Å². The largest absolute Gasteiger partial charge is 0.461 e. The average Bonchev–Trinajstić information content (AvgIpc) is 2.42. The van der Waals surface area contributed by atoms with Crippen LogP contribution in [0.3, 0.4) is 0 Å². The molecule has 0 radical (unpaired) electrons. The molecule has 0 saturated carbocycles. The Morgan fingerprint density at radius 3 is 2.89 bits per heavy atom. The quantitative estimate of drug-likeness (QED) is 0.715. The van der Waals surface area contributed by atoms with E-state index in [-0.39, 0.29) is 18.0 Å². The monoisotopic (exact) mass is 262 g/mol. The predicted molar refractivity (Wildman–Crippen MR) is 77.6 cm³/mol. The van der Waals surface area contributed by atoms with Crippen LogP contribution in [0.15, 0.2) is 23.8 Å². The number of carbonyl (C=O) groups is 1. The number of hydrogen-bond donors (Lipinski definition) is 0. The third-order valence-corrected chi connectivity index (χ3v) is 4.89. The summed E-state index contributed by atoms with van der Waals surface area (Å²) in [5, 5.41) is 0. The summed E-state index contributed by atoms with van der Waals surface area (Å²) < 4.78 is 5.82. The Bertz CT molecular complexity index is 394. The zero-order valence-corrected chi connectivity index (χ0v) is 12.6. The molecule has 5 atom stereocenters. The maximum Gasteiger partial charge on any atom is 0.308 e. The molecule has 0 saturated heterocycles. The van der Waals surface area contributed by atoms with E-state index >= 15 is 0 Å². The lowest BCUT2D eigenvalue weighted by Crippen LogP contribution is -2.38. The Kier molecular flexibility index (Phi) is 4.49. The highest BCUT2D eigenvalue weighted by Crippen LogP contribution is 2.41. The van der Waals surface area contributed by atoms with Crippen LogP contribution in [-0.4, -0.2) is 12.1 Å². The molecular formula is C17H26O2. The normalized spacial score (nSPS) is 35.3. The number of ether oxygens (including phenoxy) is 1. The minimum absolute atomic E-state index is 0.0150. The molecule has 106 valence electrons. The van der Waals surface area contributed by atoms with Gasteiger partial charge in [-0.1, -0.05) is 45.9 Å². The van der Waals surface area contributed by atoms with Gasteiger partial charge in [-0.2, -0.15) is 0 Å². The fourth-order valence-corrected chi connectivity index (χ4v) is 3.10. The Labute approximate surface area is 116 Å². The smallest absolute Gasteiger partial charge is 0.308 e. The first kappa shape index (κ1) is 14.4. The number of esters is 1. The molecule has 2 rings (SSSR count). The lowest BCUT2D eigenvalue weighted by atomic mass is 9.69. The van der Waals surface area contributed by atoms with E-state index in [1.165, 1.54) is 5.57 Å². The minimum atomic E-state index is -0.0249. The second-order valence-electron chi connectivity index (χ2n) is 6.17. The van der Waals surface area contributed by atoms with Crippen LogP contribution >= 0.6 is 0 Å². The SMILES string of the molecule is CC[C@H](C)C(=O)O[C@H]1CCC=C2C=CC(C)C(C)C21. The highest BCUT2D eigenvalue weighted by Gasteiger charge is 2.37. The molecule has 0 amide bonds. The molecule has 2 heteroatoms. The van der Waals surface area contributed by atoms with E-state index in [4.69, 9.17) is 4.74 Å². The third kappa shape index (κ3) is 2.93.